The maximum absolute atomic E-state index is 12.6. The van der Waals surface area contributed by atoms with Gasteiger partial charge in [0.25, 0.3) is 0 Å². The Hall–Kier alpha value is -1.35. The van der Waals surface area contributed by atoms with Crippen molar-refractivity contribution in [2.45, 2.75) is 38.7 Å². The fourth-order valence-electron chi connectivity index (χ4n) is 3.59. The van der Waals surface area contributed by atoms with Gasteiger partial charge in [-0.2, -0.15) is 0 Å². The van der Waals surface area contributed by atoms with Crippen LogP contribution in [-0.4, -0.2) is 35.1 Å². The van der Waals surface area contributed by atoms with E-state index in [1.807, 2.05) is 11.8 Å². The quantitative estimate of drug-likeness (QED) is 0.895. The molecule has 1 amide bonds. The van der Waals surface area contributed by atoms with Crippen LogP contribution in [0.15, 0.2) is 24.3 Å². The summed E-state index contributed by atoms with van der Waals surface area (Å²) in [7, 11) is 0. The molecule has 2 aliphatic rings. The van der Waals surface area contributed by atoms with E-state index in [2.05, 4.69) is 24.3 Å². The summed E-state index contributed by atoms with van der Waals surface area (Å²) in [5.74, 6) is 0.806. The second kappa shape index (κ2) is 5.57. The van der Waals surface area contributed by atoms with Gasteiger partial charge in [-0.1, -0.05) is 24.3 Å². The lowest BCUT2D eigenvalue weighted by atomic mass is 9.91. The molecule has 1 aromatic rings. The van der Waals surface area contributed by atoms with Crippen LogP contribution in [0.1, 0.15) is 30.9 Å². The normalized spacial score (nSPS) is 21.8. The van der Waals surface area contributed by atoms with Crippen LogP contribution < -0.4 is 0 Å². The highest BCUT2D eigenvalue weighted by Gasteiger charge is 2.32. The Morgan fingerprint density at radius 1 is 1.20 bits per heavy atom. The zero-order valence-corrected chi connectivity index (χ0v) is 12.1. The molecule has 1 aromatic carbocycles. The lowest BCUT2D eigenvalue weighted by Crippen LogP contribution is -2.43. The molecule has 3 rings (SSSR count). The van der Waals surface area contributed by atoms with Gasteiger partial charge < -0.3 is 10.0 Å². The summed E-state index contributed by atoms with van der Waals surface area (Å²) in [5.41, 5.74) is 2.68. The Bertz CT molecular complexity index is 465. The molecule has 3 heteroatoms. The van der Waals surface area contributed by atoms with Gasteiger partial charge in [0.1, 0.15) is 0 Å². The number of likely N-dealkylation sites (tertiary alicyclic amines) is 1. The second-order valence-corrected chi connectivity index (χ2v) is 6.28. The lowest BCUT2D eigenvalue weighted by molar-refractivity contribution is -0.137. The van der Waals surface area contributed by atoms with Gasteiger partial charge in [-0.05, 0) is 49.7 Å². The lowest BCUT2D eigenvalue weighted by Gasteiger charge is -2.34. The van der Waals surface area contributed by atoms with E-state index in [-0.39, 0.29) is 12.0 Å². The largest absolute Gasteiger partial charge is 0.393 e. The predicted octanol–water partition coefficient (Wildman–Crippen LogP) is 2.02. The summed E-state index contributed by atoms with van der Waals surface area (Å²) in [6.07, 6.45) is 3.41. The van der Waals surface area contributed by atoms with Crippen LogP contribution in [0.4, 0.5) is 0 Å². The first-order valence-corrected chi connectivity index (χ1v) is 7.69. The number of aliphatic hydroxyl groups excluding tert-OH is 1. The molecular weight excluding hydrogens is 250 g/mol. The van der Waals surface area contributed by atoms with Crippen molar-refractivity contribution < 1.29 is 9.90 Å². The molecule has 1 aliphatic heterocycles. The topological polar surface area (TPSA) is 40.5 Å². The number of fused-ring (bicyclic) bond motifs is 1. The highest BCUT2D eigenvalue weighted by Crippen LogP contribution is 2.29. The fourth-order valence-corrected chi connectivity index (χ4v) is 3.59. The fraction of sp³-hybridized carbons (Fsp3) is 0.588. The van der Waals surface area contributed by atoms with Crippen molar-refractivity contribution in [3.8, 4) is 0 Å². The van der Waals surface area contributed by atoms with E-state index in [9.17, 15) is 9.90 Å². The first kappa shape index (κ1) is 13.6. The maximum Gasteiger partial charge on any atom is 0.226 e. The Labute approximate surface area is 120 Å². The van der Waals surface area contributed by atoms with Gasteiger partial charge in [-0.15, -0.1) is 0 Å². The van der Waals surface area contributed by atoms with Crippen molar-refractivity contribution >= 4 is 5.91 Å². The van der Waals surface area contributed by atoms with E-state index in [4.69, 9.17) is 0 Å². The molecule has 1 saturated heterocycles. The molecule has 1 heterocycles. The van der Waals surface area contributed by atoms with Crippen molar-refractivity contribution in [2.24, 2.45) is 11.8 Å². The molecule has 0 radical (unpaired) electrons. The number of rotatable bonds is 2. The van der Waals surface area contributed by atoms with Crippen LogP contribution in [0, 0.1) is 11.8 Å². The molecule has 0 aromatic heterocycles. The molecule has 1 fully saturated rings. The monoisotopic (exact) mass is 273 g/mol. The predicted molar refractivity (Wildman–Crippen MR) is 78.3 cm³/mol. The van der Waals surface area contributed by atoms with Crippen LogP contribution >= 0.6 is 0 Å². The molecule has 1 aliphatic carbocycles. The summed E-state index contributed by atoms with van der Waals surface area (Å²) in [6, 6.07) is 8.39. The Morgan fingerprint density at radius 2 is 1.75 bits per heavy atom. The smallest absolute Gasteiger partial charge is 0.226 e. The van der Waals surface area contributed by atoms with Crippen LogP contribution in [0.25, 0.3) is 0 Å². The van der Waals surface area contributed by atoms with Crippen molar-refractivity contribution in [3.63, 3.8) is 0 Å². The number of nitrogens with zero attached hydrogens (tertiary/aromatic N) is 1. The Morgan fingerprint density at radius 3 is 2.25 bits per heavy atom. The molecule has 0 bridgehead atoms. The summed E-state index contributed by atoms with van der Waals surface area (Å²) in [4.78, 5) is 14.6. The number of hydrogen-bond donors (Lipinski definition) is 1. The van der Waals surface area contributed by atoms with Gasteiger partial charge in [-0.25, -0.2) is 0 Å². The number of aliphatic hydroxyl groups is 1. The molecule has 0 spiro atoms. The summed E-state index contributed by atoms with van der Waals surface area (Å²) < 4.78 is 0. The zero-order chi connectivity index (χ0) is 14.1. The van der Waals surface area contributed by atoms with E-state index >= 15 is 0 Å². The number of amides is 1. The minimum absolute atomic E-state index is 0.135. The zero-order valence-electron chi connectivity index (χ0n) is 12.1. The van der Waals surface area contributed by atoms with Crippen molar-refractivity contribution in [1.29, 1.82) is 0 Å². The molecule has 0 saturated carbocycles. The molecule has 1 atom stereocenters. The summed E-state index contributed by atoms with van der Waals surface area (Å²) in [6.45, 7) is 3.47. The minimum Gasteiger partial charge on any atom is -0.393 e. The molecule has 20 heavy (non-hydrogen) atoms. The van der Waals surface area contributed by atoms with Crippen molar-refractivity contribution in [2.75, 3.05) is 13.1 Å². The van der Waals surface area contributed by atoms with E-state index in [1.165, 1.54) is 11.1 Å². The average Bonchev–Trinajstić information content (AvgIpc) is 2.90. The van der Waals surface area contributed by atoms with Crippen molar-refractivity contribution in [1.82, 2.24) is 4.90 Å². The number of piperidine rings is 1. The first-order valence-electron chi connectivity index (χ1n) is 7.69. The van der Waals surface area contributed by atoms with E-state index in [0.717, 1.165) is 38.8 Å². The van der Waals surface area contributed by atoms with Gasteiger partial charge in [-0.3, -0.25) is 4.79 Å². The van der Waals surface area contributed by atoms with Gasteiger partial charge in [0.15, 0.2) is 0 Å². The molecular formula is C17H23NO2. The number of carbonyl (C=O) groups excluding carboxylic acids is 1. The molecule has 3 nitrogen and oxygen atoms in total. The van der Waals surface area contributed by atoms with Gasteiger partial charge in [0.2, 0.25) is 5.91 Å². The maximum atomic E-state index is 12.6. The standard InChI is InChI=1S/C17H23NO2/c1-12(19)13-6-8-18(9-7-13)17(20)16-10-14-4-2-3-5-15(14)11-16/h2-5,12-13,16,19H,6-11H2,1H3. The van der Waals surface area contributed by atoms with Gasteiger partial charge >= 0.3 is 0 Å². The SMILES string of the molecule is CC(O)C1CCN(C(=O)C2Cc3ccccc3C2)CC1. The van der Waals surface area contributed by atoms with E-state index in [1.54, 1.807) is 0 Å². The van der Waals surface area contributed by atoms with Gasteiger partial charge in [0.05, 0.1) is 6.10 Å². The Balaban J connectivity index is 1.59. The van der Waals surface area contributed by atoms with E-state index in [0.29, 0.717) is 11.8 Å². The molecule has 1 N–H and O–H groups in total. The van der Waals surface area contributed by atoms with Crippen LogP contribution in [0.5, 0.6) is 0 Å². The number of carbonyl (C=O) groups is 1. The third kappa shape index (κ3) is 2.59. The highest BCUT2D eigenvalue weighted by atomic mass is 16.3. The summed E-state index contributed by atoms with van der Waals surface area (Å²) in [5, 5.41) is 9.63. The number of hydrogen-bond acceptors (Lipinski definition) is 2. The second-order valence-electron chi connectivity index (χ2n) is 6.28. The minimum atomic E-state index is -0.247. The number of benzene rings is 1. The summed E-state index contributed by atoms with van der Waals surface area (Å²) >= 11 is 0. The van der Waals surface area contributed by atoms with E-state index < -0.39 is 0 Å². The molecule has 108 valence electrons. The highest BCUT2D eigenvalue weighted by molar-refractivity contribution is 5.80. The average molecular weight is 273 g/mol. The van der Waals surface area contributed by atoms with Crippen LogP contribution in [-0.2, 0) is 17.6 Å². The third-order valence-electron chi connectivity index (χ3n) is 4.93. The first-order chi connectivity index (χ1) is 9.65. The molecule has 1 unspecified atom stereocenters. The van der Waals surface area contributed by atoms with Gasteiger partial charge in [0, 0.05) is 19.0 Å². The van der Waals surface area contributed by atoms with Crippen LogP contribution in [0.2, 0.25) is 0 Å². The third-order valence-corrected chi connectivity index (χ3v) is 4.93. The Kier molecular flexibility index (Phi) is 3.79. The van der Waals surface area contributed by atoms with Crippen LogP contribution in [0.3, 0.4) is 0 Å². The van der Waals surface area contributed by atoms with Crippen molar-refractivity contribution in [3.05, 3.63) is 35.4 Å².